The van der Waals surface area contributed by atoms with Crippen LogP contribution in [0.2, 0.25) is 0 Å². The van der Waals surface area contributed by atoms with Crippen LogP contribution in [0.1, 0.15) is 59.3 Å². The van der Waals surface area contributed by atoms with Crippen molar-refractivity contribution < 1.29 is 4.79 Å². The SMILES string of the molecule is CN=C(NCCCCN1CCCCC1C)NC1CCN(C(=O)C(C)C)C1. The van der Waals surface area contributed by atoms with E-state index in [-0.39, 0.29) is 11.8 Å². The van der Waals surface area contributed by atoms with Crippen molar-refractivity contribution >= 4 is 11.9 Å². The van der Waals surface area contributed by atoms with Gasteiger partial charge in [-0.2, -0.15) is 0 Å². The summed E-state index contributed by atoms with van der Waals surface area (Å²) in [7, 11) is 1.82. The van der Waals surface area contributed by atoms with Crippen LogP contribution in [-0.2, 0) is 4.79 Å². The van der Waals surface area contributed by atoms with Gasteiger partial charge in [-0.1, -0.05) is 20.3 Å². The zero-order chi connectivity index (χ0) is 18.9. The molecule has 2 fully saturated rings. The maximum Gasteiger partial charge on any atom is 0.225 e. The molecule has 0 radical (unpaired) electrons. The van der Waals surface area contributed by atoms with Crippen molar-refractivity contribution in [3.8, 4) is 0 Å². The summed E-state index contributed by atoms with van der Waals surface area (Å²) in [6.45, 7) is 11.4. The van der Waals surface area contributed by atoms with Crippen LogP contribution in [0.25, 0.3) is 0 Å². The van der Waals surface area contributed by atoms with E-state index in [0.29, 0.717) is 6.04 Å². The van der Waals surface area contributed by atoms with Crippen molar-refractivity contribution in [2.75, 3.05) is 39.8 Å². The number of carbonyl (C=O) groups is 1. The second kappa shape index (κ2) is 10.8. The predicted octanol–water partition coefficient (Wildman–Crippen LogP) is 2.06. The van der Waals surface area contributed by atoms with Crippen LogP contribution < -0.4 is 10.6 Å². The van der Waals surface area contributed by atoms with Crippen LogP contribution >= 0.6 is 0 Å². The van der Waals surface area contributed by atoms with Gasteiger partial charge in [-0.3, -0.25) is 9.79 Å². The van der Waals surface area contributed by atoms with E-state index >= 15 is 0 Å². The molecule has 6 heteroatoms. The Hall–Kier alpha value is -1.30. The molecule has 1 amide bonds. The fraction of sp³-hybridized carbons (Fsp3) is 0.900. The minimum absolute atomic E-state index is 0.0776. The molecule has 0 aliphatic carbocycles. The van der Waals surface area contributed by atoms with Crippen LogP contribution in [0, 0.1) is 5.92 Å². The molecular weight excluding hydrogens is 326 g/mol. The Balaban J connectivity index is 1.60. The molecule has 2 aliphatic heterocycles. The number of guanidine groups is 1. The normalized spacial score (nSPS) is 25.0. The highest BCUT2D eigenvalue weighted by Gasteiger charge is 2.27. The molecule has 2 aliphatic rings. The lowest BCUT2D eigenvalue weighted by Gasteiger charge is -2.33. The summed E-state index contributed by atoms with van der Waals surface area (Å²) >= 11 is 0. The van der Waals surface area contributed by atoms with E-state index in [4.69, 9.17) is 0 Å². The monoisotopic (exact) mass is 365 g/mol. The molecule has 0 spiro atoms. The van der Waals surface area contributed by atoms with Crippen molar-refractivity contribution in [1.29, 1.82) is 0 Å². The number of nitrogens with one attached hydrogen (secondary N) is 2. The molecule has 2 atom stereocenters. The van der Waals surface area contributed by atoms with Crippen molar-refractivity contribution in [2.45, 2.75) is 71.4 Å². The summed E-state index contributed by atoms with van der Waals surface area (Å²) < 4.78 is 0. The van der Waals surface area contributed by atoms with Gasteiger partial charge in [0.25, 0.3) is 0 Å². The Bertz CT molecular complexity index is 465. The van der Waals surface area contributed by atoms with Crippen molar-refractivity contribution in [1.82, 2.24) is 20.4 Å². The van der Waals surface area contributed by atoms with Crippen molar-refractivity contribution in [3.05, 3.63) is 0 Å². The minimum Gasteiger partial charge on any atom is -0.356 e. The van der Waals surface area contributed by atoms with Crippen LogP contribution in [0.5, 0.6) is 0 Å². The van der Waals surface area contributed by atoms with E-state index in [1.54, 1.807) is 0 Å². The number of unbranched alkanes of at least 4 members (excludes halogenated alkanes) is 1. The number of rotatable bonds is 7. The van der Waals surface area contributed by atoms with Crippen LogP contribution in [0.4, 0.5) is 0 Å². The van der Waals surface area contributed by atoms with Gasteiger partial charge in [0.2, 0.25) is 5.91 Å². The maximum absolute atomic E-state index is 12.1. The molecule has 2 heterocycles. The number of amides is 1. The molecule has 26 heavy (non-hydrogen) atoms. The molecule has 150 valence electrons. The highest BCUT2D eigenvalue weighted by atomic mass is 16.2. The maximum atomic E-state index is 12.1. The fourth-order valence-corrected chi connectivity index (χ4v) is 3.97. The van der Waals surface area contributed by atoms with Crippen molar-refractivity contribution in [3.63, 3.8) is 0 Å². The first-order valence-electron chi connectivity index (χ1n) is 10.5. The zero-order valence-corrected chi connectivity index (χ0v) is 17.3. The Morgan fingerprint density at radius 3 is 2.69 bits per heavy atom. The van der Waals surface area contributed by atoms with E-state index in [9.17, 15) is 4.79 Å². The summed E-state index contributed by atoms with van der Waals surface area (Å²) in [5.74, 6) is 1.19. The first-order valence-corrected chi connectivity index (χ1v) is 10.5. The van der Waals surface area contributed by atoms with Crippen LogP contribution in [0.3, 0.4) is 0 Å². The Labute approximate surface area is 159 Å². The summed E-state index contributed by atoms with van der Waals surface area (Å²) in [4.78, 5) is 21.0. The van der Waals surface area contributed by atoms with E-state index in [1.165, 1.54) is 38.8 Å². The third-order valence-corrected chi connectivity index (χ3v) is 5.66. The molecule has 2 N–H and O–H groups in total. The number of nitrogens with zero attached hydrogens (tertiary/aromatic N) is 3. The number of likely N-dealkylation sites (tertiary alicyclic amines) is 2. The highest BCUT2D eigenvalue weighted by molar-refractivity contribution is 5.81. The molecule has 2 rings (SSSR count). The molecule has 0 aromatic carbocycles. The molecule has 0 aromatic rings. The topological polar surface area (TPSA) is 60.0 Å². The second-order valence-corrected chi connectivity index (χ2v) is 8.16. The highest BCUT2D eigenvalue weighted by Crippen LogP contribution is 2.16. The number of aliphatic imine (C=N–C) groups is 1. The van der Waals surface area contributed by atoms with E-state index in [2.05, 4.69) is 27.4 Å². The third-order valence-electron chi connectivity index (χ3n) is 5.66. The molecule has 2 saturated heterocycles. The summed E-state index contributed by atoms with van der Waals surface area (Å²) in [5, 5.41) is 6.90. The van der Waals surface area contributed by atoms with E-state index < -0.39 is 0 Å². The van der Waals surface area contributed by atoms with Gasteiger partial charge in [0.1, 0.15) is 0 Å². The Morgan fingerprint density at radius 1 is 1.19 bits per heavy atom. The van der Waals surface area contributed by atoms with Crippen molar-refractivity contribution in [2.24, 2.45) is 10.9 Å². The Morgan fingerprint density at radius 2 is 2.00 bits per heavy atom. The second-order valence-electron chi connectivity index (χ2n) is 8.16. The van der Waals surface area contributed by atoms with Gasteiger partial charge in [0.05, 0.1) is 0 Å². The average molecular weight is 366 g/mol. The molecule has 0 bridgehead atoms. The average Bonchev–Trinajstić information content (AvgIpc) is 3.09. The quantitative estimate of drug-likeness (QED) is 0.412. The van der Waals surface area contributed by atoms with Gasteiger partial charge in [-0.15, -0.1) is 0 Å². The first-order chi connectivity index (χ1) is 12.5. The van der Waals surface area contributed by atoms with Gasteiger partial charge in [-0.25, -0.2) is 0 Å². The van der Waals surface area contributed by atoms with Gasteiger partial charge < -0.3 is 20.4 Å². The lowest BCUT2D eigenvalue weighted by molar-refractivity contribution is -0.133. The summed E-state index contributed by atoms with van der Waals surface area (Å²) in [6.07, 6.45) is 7.49. The third kappa shape index (κ3) is 6.45. The van der Waals surface area contributed by atoms with Gasteiger partial charge in [0, 0.05) is 44.7 Å². The predicted molar refractivity (Wildman–Crippen MR) is 108 cm³/mol. The smallest absolute Gasteiger partial charge is 0.225 e. The lowest BCUT2D eigenvalue weighted by atomic mass is 10.0. The largest absolute Gasteiger partial charge is 0.356 e. The molecular formula is C20H39N5O. The zero-order valence-electron chi connectivity index (χ0n) is 17.3. The minimum atomic E-state index is 0.0776. The van der Waals surface area contributed by atoms with Crippen LogP contribution in [-0.4, -0.2) is 73.5 Å². The molecule has 0 aromatic heterocycles. The van der Waals surface area contributed by atoms with E-state index in [1.807, 2.05) is 25.8 Å². The summed E-state index contributed by atoms with van der Waals surface area (Å²) in [6, 6.07) is 1.06. The molecule has 2 unspecified atom stereocenters. The number of hydrogen-bond acceptors (Lipinski definition) is 3. The number of piperidine rings is 1. The van der Waals surface area contributed by atoms with Crippen LogP contribution in [0.15, 0.2) is 4.99 Å². The van der Waals surface area contributed by atoms with Gasteiger partial charge in [-0.05, 0) is 52.1 Å². The van der Waals surface area contributed by atoms with Gasteiger partial charge in [0.15, 0.2) is 5.96 Å². The molecule has 0 saturated carbocycles. The Kier molecular flexibility index (Phi) is 8.69. The standard InChI is InChI=1S/C20H39N5O/c1-16(2)19(26)25-14-10-18(15-25)23-20(21-4)22-11-6-8-13-24-12-7-5-9-17(24)3/h16-18H,5-15H2,1-4H3,(H2,21,22,23). The summed E-state index contributed by atoms with van der Waals surface area (Å²) in [5.41, 5.74) is 0. The molecule has 6 nitrogen and oxygen atoms in total. The van der Waals surface area contributed by atoms with E-state index in [0.717, 1.165) is 44.5 Å². The van der Waals surface area contributed by atoms with Gasteiger partial charge >= 0.3 is 0 Å². The fourth-order valence-electron chi connectivity index (χ4n) is 3.97. The lowest BCUT2D eigenvalue weighted by Crippen LogP contribution is -2.45. The first kappa shape index (κ1) is 21.0. The number of hydrogen-bond donors (Lipinski definition) is 2. The number of carbonyl (C=O) groups excluding carboxylic acids is 1.